The van der Waals surface area contributed by atoms with Crippen molar-refractivity contribution in [3.63, 3.8) is 0 Å². The average molecular weight is 350 g/mol. The summed E-state index contributed by atoms with van der Waals surface area (Å²) in [5.41, 5.74) is 1.13. The Balaban J connectivity index is 1.99. The second kappa shape index (κ2) is 7.98. The van der Waals surface area contributed by atoms with Gasteiger partial charge >= 0.3 is 0 Å². The molecule has 0 saturated carbocycles. The molecule has 5 heteroatoms. The predicted octanol–water partition coefficient (Wildman–Crippen LogP) is 4.21. The quantitative estimate of drug-likeness (QED) is 0.761. The van der Waals surface area contributed by atoms with Gasteiger partial charge in [-0.1, -0.05) is 53.9 Å². The monoisotopic (exact) mass is 349 g/mol. The molecule has 1 aromatic heterocycles. The molecule has 0 atom stereocenters. The van der Waals surface area contributed by atoms with E-state index in [0.717, 1.165) is 35.1 Å². The maximum atomic E-state index is 11.9. The summed E-state index contributed by atoms with van der Waals surface area (Å²) in [5.74, 6) is 0.796. The molecule has 1 N–H and O–H groups in total. The number of halogens is 1. The summed E-state index contributed by atoms with van der Waals surface area (Å²) in [6, 6.07) is 9.84. The lowest BCUT2D eigenvalue weighted by atomic mass is 10.2. The Labute approximate surface area is 133 Å². The summed E-state index contributed by atoms with van der Waals surface area (Å²) in [4.78, 5) is 11.9. The fourth-order valence-electron chi connectivity index (χ4n) is 2.09. The third-order valence-corrected chi connectivity index (χ3v) is 4.04. The van der Waals surface area contributed by atoms with Crippen LogP contribution < -0.4 is 5.32 Å². The van der Waals surface area contributed by atoms with Crippen molar-refractivity contribution in [2.24, 2.45) is 0 Å². The van der Waals surface area contributed by atoms with Crippen molar-refractivity contribution in [1.82, 2.24) is 9.78 Å². The predicted molar refractivity (Wildman–Crippen MR) is 88.2 cm³/mol. The standard InChI is InChI=1S/C16H20BrN3O/c1-2-3-4-9-16(21)19-15-10-11-18-20(15)12-13-7-5-6-8-14(13)17/h5-8,10-11H,2-4,9,12H2,1H3,(H,19,21). The zero-order valence-electron chi connectivity index (χ0n) is 12.2. The zero-order chi connectivity index (χ0) is 15.1. The largest absolute Gasteiger partial charge is 0.311 e. The van der Waals surface area contributed by atoms with Gasteiger partial charge in [0.1, 0.15) is 5.82 Å². The first-order valence-corrected chi connectivity index (χ1v) is 8.05. The summed E-state index contributed by atoms with van der Waals surface area (Å²) in [6.07, 6.45) is 5.41. The van der Waals surface area contributed by atoms with Crippen molar-refractivity contribution in [2.45, 2.75) is 39.2 Å². The lowest BCUT2D eigenvalue weighted by molar-refractivity contribution is -0.116. The van der Waals surface area contributed by atoms with E-state index in [2.05, 4.69) is 33.3 Å². The minimum atomic E-state index is 0.0531. The van der Waals surface area contributed by atoms with E-state index >= 15 is 0 Å². The van der Waals surface area contributed by atoms with E-state index in [1.807, 2.05) is 30.3 Å². The molecule has 1 heterocycles. The molecule has 0 aliphatic rings. The van der Waals surface area contributed by atoms with Crippen LogP contribution in [0.1, 0.15) is 38.2 Å². The van der Waals surface area contributed by atoms with Crippen molar-refractivity contribution in [1.29, 1.82) is 0 Å². The number of unbranched alkanes of at least 4 members (excludes halogenated alkanes) is 2. The minimum Gasteiger partial charge on any atom is -0.311 e. The molecule has 21 heavy (non-hydrogen) atoms. The molecule has 1 aromatic carbocycles. The SMILES string of the molecule is CCCCCC(=O)Nc1ccnn1Cc1ccccc1Br. The number of anilines is 1. The number of nitrogens with zero attached hydrogens (tertiary/aromatic N) is 2. The first-order valence-electron chi connectivity index (χ1n) is 7.25. The van der Waals surface area contributed by atoms with Crippen LogP contribution in [0.2, 0.25) is 0 Å². The Morgan fingerprint density at radius 1 is 1.29 bits per heavy atom. The van der Waals surface area contributed by atoms with Gasteiger partial charge in [-0.15, -0.1) is 0 Å². The molecule has 0 aliphatic heterocycles. The number of rotatable bonds is 7. The van der Waals surface area contributed by atoms with E-state index in [1.54, 1.807) is 10.9 Å². The number of amides is 1. The van der Waals surface area contributed by atoms with Crippen LogP contribution in [0.5, 0.6) is 0 Å². The van der Waals surface area contributed by atoms with E-state index in [4.69, 9.17) is 0 Å². The number of carbonyl (C=O) groups is 1. The van der Waals surface area contributed by atoms with Crippen molar-refractivity contribution in [2.75, 3.05) is 5.32 Å². The van der Waals surface area contributed by atoms with Crippen LogP contribution in [-0.4, -0.2) is 15.7 Å². The topological polar surface area (TPSA) is 46.9 Å². The van der Waals surface area contributed by atoms with Gasteiger partial charge in [-0.3, -0.25) is 4.79 Å². The molecule has 112 valence electrons. The maximum Gasteiger partial charge on any atom is 0.225 e. The van der Waals surface area contributed by atoms with Gasteiger partial charge < -0.3 is 5.32 Å². The fraction of sp³-hybridized carbons (Fsp3) is 0.375. The Bertz CT molecular complexity index is 595. The average Bonchev–Trinajstić information content (AvgIpc) is 2.89. The third-order valence-electron chi connectivity index (χ3n) is 3.27. The van der Waals surface area contributed by atoms with Crippen molar-refractivity contribution in [3.05, 3.63) is 46.6 Å². The highest BCUT2D eigenvalue weighted by atomic mass is 79.9. The molecule has 0 fully saturated rings. The number of benzene rings is 1. The van der Waals surface area contributed by atoms with E-state index < -0.39 is 0 Å². The Hall–Kier alpha value is -1.62. The molecule has 0 unspecified atom stereocenters. The molecule has 0 spiro atoms. The van der Waals surface area contributed by atoms with Gasteiger partial charge in [0, 0.05) is 17.0 Å². The zero-order valence-corrected chi connectivity index (χ0v) is 13.8. The molecular formula is C16H20BrN3O. The third kappa shape index (κ3) is 4.70. The fourth-order valence-corrected chi connectivity index (χ4v) is 2.50. The van der Waals surface area contributed by atoms with Crippen LogP contribution in [0.15, 0.2) is 41.0 Å². The Morgan fingerprint density at radius 3 is 2.86 bits per heavy atom. The van der Waals surface area contributed by atoms with Crippen LogP contribution in [0.3, 0.4) is 0 Å². The van der Waals surface area contributed by atoms with Crippen molar-refractivity contribution < 1.29 is 4.79 Å². The van der Waals surface area contributed by atoms with Crippen molar-refractivity contribution >= 4 is 27.7 Å². The number of hydrogen-bond donors (Lipinski definition) is 1. The summed E-state index contributed by atoms with van der Waals surface area (Å²) >= 11 is 3.53. The number of aromatic nitrogens is 2. The summed E-state index contributed by atoms with van der Waals surface area (Å²) in [7, 11) is 0. The first-order chi connectivity index (χ1) is 10.2. The molecular weight excluding hydrogens is 330 g/mol. The summed E-state index contributed by atoms with van der Waals surface area (Å²) in [6.45, 7) is 2.75. The smallest absolute Gasteiger partial charge is 0.225 e. The number of hydrogen-bond acceptors (Lipinski definition) is 2. The Kier molecular flexibility index (Phi) is 5.99. The molecule has 0 saturated heterocycles. The molecule has 2 aromatic rings. The van der Waals surface area contributed by atoms with Crippen LogP contribution in [-0.2, 0) is 11.3 Å². The van der Waals surface area contributed by atoms with Gasteiger partial charge in [-0.2, -0.15) is 5.10 Å². The minimum absolute atomic E-state index is 0.0531. The van der Waals surface area contributed by atoms with Gasteiger partial charge in [-0.05, 0) is 18.1 Å². The normalized spacial score (nSPS) is 10.6. The molecule has 0 bridgehead atoms. The van der Waals surface area contributed by atoms with Crippen LogP contribution in [0.25, 0.3) is 0 Å². The van der Waals surface area contributed by atoms with E-state index in [-0.39, 0.29) is 5.91 Å². The lowest BCUT2D eigenvalue weighted by Gasteiger charge is -2.10. The second-order valence-electron chi connectivity index (χ2n) is 4.97. The van der Waals surface area contributed by atoms with Crippen LogP contribution in [0, 0.1) is 0 Å². The van der Waals surface area contributed by atoms with E-state index in [1.165, 1.54) is 0 Å². The Morgan fingerprint density at radius 2 is 2.10 bits per heavy atom. The maximum absolute atomic E-state index is 11.9. The molecule has 1 amide bonds. The summed E-state index contributed by atoms with van der Waals surface area (Å²) in [5, 5.41) is 7.22. The molecule has 0 aliphatic carbocycles. The van der Waals surface area contributed by atoms with Crippen LogP contribution in [0.4, 0.5) is 5.82 Å². The molecule has 2 rings (SSSR count). The van der Waals surface area contributed by atoms with Gasteiger partial charge in [-0.25, -0.2) is 4.68 Å². The van der Waals surface area contributed by atoms with E-state index in [0.29, 0.717) is 13.0 Å². The van der Waals surface area contributed by atoms with Gasteiger partial charge in [0.2, 0.25) is 5.91 Å². The summed E-state index contributed by atoms with van der Waals surface area (Å²) < 4.78 is 2.85. The van der Waals surface area contributed by atoms with Gasteiger partial charge in [0.05, 0.1) is 12.7 Å². The molecule has 0 radical (unpaired) electrons. The first kappa shape index (κ1) is 15.8. The number of nitrogens with one attached hydrogen (secondary N) is 1. The highest BCUT2D eigenvalue weighted by Crippen LogP contribution is 2.18. The van der Waals surface area contributed by atoms with E-state index in [9.17, 15) is 4.79 Å². The number of carbonyl (C=O) groups excluding carboxylic acids is 1. The van der Waals surface area contributed by atoms with Crippen LogP contribution >= 0.6 is 15.9 Å². The van der Waals surface area contributed by atoms with Gasteiger partial charge in [0.15, 0.2) is 0 Å². The highest BCUT2D eigenvalue weighted by molar-refractivity contribution is 9.10. The second-order valence-corrected chi connectivity index (χ2v) is 5.83. The lowest BCUT2D eigenvalue weighted by Crippen LogP contribution is -2.15. The van der Waals surface area contributed by atoms with Crippen molar-refractivity contribution in [3.8, 4) is 0 Å². The van der Waals surface area contributed by atoms with Gasteiger partial charge in [0.25, 0.3) is 0 Å². The highest BCUT2D eigenvalue weighted by Gasteiger charge is 2.08. The molecule has 4 nitrogen and oxygen atoms in total.